The minimum absolute atomic E-state index is 0.0257. The number of aromatic nitrogens is 1. The average Bonchev–Trinajstić information content (AvgIpc) is 2.98. The molecule has 2 aliphatic rings. The molecule has 2 heterocycles. The predicted octanol–water partition coefficient (Wildman–Crippen LogP) is 0.0342. The fourth-order valence-electron chi connectivity index (χ4n) is 2.50. The van der Waals surface area contributed by atoms with Crippen LogP contribution in [0.3, 0.4) is 0 Å². The Balaban J connectivity index is 1.47. The molecule has 0 aromatic carbocycles. The number of hydrogen-bond donors (Lipinski definition) is 3. The summed E-state index contributed by atoms with van der Waals surface area (Å²) in [6, 6.07) is 3.31. The first-order valence-corrected chi connectivity index (χ1v) is 7.15. The number of nitrogens with zero attached hydrogens (tertiary/aromatic N) is 1. The van der Waals surface area contributed by atoms with Crippen molar-refractivity contribution in [3.05, 3.63) is 24.0 Å². The molecule has 7 heteroatoms. The van der Waals surface area contributed by atoms with E-state index in [1.807, 2.05) is 0 Å². The number of aromatic amines is 1. The standard InChI is InChI=1S/C14H18N4O3/c19-12-6-10(8-18(12)7-9-3-4-9)13(20)16-17-14(21)11-2-1-5-15-11/h1-2,5,9-10,15H,3-4,6-8H2,(H,16,20)(H,17,21). The molecule has 1 saturated heterocycles. The number of nitrogens with one attached hydrogen (secondary N) is 3. The van der Waals surface area contributed by atoms with Crippen LogP contribution in [0.5, 0.6) is 0 Å². The second-order valence-corrected chi connectivity index (χ2v) is 5.67. The van der Waals surface area contributed by atoms with Crippen molar-refractivity contribution < 1.29 is 14.4 Å². The van der Waals surface area contributed by atoms with Crippen molar-refractivity contribution in [3.8, 4) is 0 Å². The molecule has 3 N–H and O–H groups in total. The van der Waals surface area contributed by atoms with Crippen LogP contribution in [0.25, 0.3) is 0 Å². The summed E-state index contributed by atoms with van der Waals surface area (Å²) in [7, 11) is 0. The van der Waals surface area contributed by atoms with E-state index >= 15 is 0 Å². The fraction of sp³-hybridized carbons (Fsp3) is 0.500. The first-order chi connectivity index (χ1) is 10.1. The molecule has 3 amide bonds. The molecule has 2 fully saturated rings. The minimum Gasteiger partial charge on any atom is -0.357 e. The van der Waals surface area contributed by atoms with E-state index in [2.05, 4.69) is 15.8 Å². The molecular weight excluding hydrogens is 272 g/mol. The van der Waals surface area contributed by atoms with Crippen molar-refractivity contribution in [3.63, 3.8) is 0 Å². The molecule has 1 aliphatic carbocycles. The zero-order chi connectivity index (χ0) is 14.8. The third-order valence-corrected chi connectivity index (χ3v) is 3.90. The van der Waals surface area contributed by atoms with Crippen molar-refractivity contribution in [1.29, 1.82) is 0 Å². The summed E-state index contributed by atoms with van der Waals surface area (Å²) >= 11 is 0. The normalized spacial score (nSPS) is 21.4. The molecular formula is C14H18N4O3. The van der Waals surface area contributed by atoms with Crippen LogP contribution in [-0.4, -0.2) is 40.7 Å². The topological polar surface area (TPSA) is 94.3 Å². The smallest absolute Gasteiger partial charge is 0.286 e. The summed E-state index contributed by atoms with van der Waals surface area (Å²) < 4.78 is 0. The lowest BCUT2D eigenvalue weighted by Gasteiger charge is -2.16. The highest BCUT2D eigenvalue weighted by Gasteiger charge is 2.37. The van der Waals surface area contributed by atoms with Gasteiger partial charge in [0.2, 0.25) is 11.8 Å². The Kier molecular flexibility index (Phi) is 3.64. The molecule has 1 saturated carbocycles. The summed E-state index contributed by atoms with van der Waals surface area (Å²) in [5, 5.41) is 0. The van der Waals surface area contributed by atoms with Gasteiger partial charge in [-0.1, -0.05) is 0 Å². The lowest BCUT2D eigenvalue weighted by atomic mass is 10.1. The van der Waals surface area contributed by atoms with E-state index in [4.69, 9.17) is 0 Å². The van der Waals surface area contributed by atoms with Gasteiger partial charge >= 0.3 is 0 Å². The number of likely N-dealkylation sites (tertiary alicyclic amines) is 1. The van der Waals surface area contributed by atoms with Crippen LogP contribution in [-0.2, 0) is 9.59 Å². The van der Waals surface area contributed by atoms with Crippen LogP contribution in [0.2, 0.25) is 0 Å². The summed E-state index contributed by atoms with van der Waals surface area (Å²) in [6.45, 7) is 1.21. The number of amides is 3. The maximum atomic E-state index is 12.0. The number of carbonyl (C=O) groups is 3. The van der Waals surface area contributed by atoms with E-state index in [0.717, 1.165) is 6.54 Å². The Bertz CT molecular complexity index is 551. The number of hydrogen-bond acceptors (Lipinski definition) is 3. The van der Waals surface area contributed by atoms with Gasteiger partial charge in [-0.25, -0.2) is 0 Å². The number of H-pyrrole nitrogens is 1. The van der Waals surface area contributed by atoms with Crippen LogP contribution < -0.4 is 10.9 Å². The van der Waals surface area contributed by atoms with Crippen molar-refractivity contribution >= 4 is 17.7 Å². The molecule has 1 aromatic rings. The summed E-state index contributed by atoms with van der Waals surface area (Å²) in [4.78, 5) is 40.0. The van der Waals surface area contributed by atoms with E-state index in [0.29, 0.717) is 18.2 Å². The SMILES string of the molecule is O=C(NNC(=O)C1CC(=O)N(CC2CC2)C1)c1ccc[nH]1. The second kappa shape index (κ2) is 5.59. The van der Waals surface area contributed by atoms with E-state index in [1.54, 1.807) is 23.2 Å². The van der Waals surface area contributed by atoms with Crippen LogP contribution >= 0.6 is 0 Å². The average molecular weight is 290 g/mol. The molecule has 0 bridgehead atoms. The van der Waals surface area contributed by atoms with Gasteiger partial charge in [-0.2, -0.15) is 0 Å². The summed E-state index contributed by atoms with van der Waals surface area (Å²) in [5.74, 6) is -0.477. The first kappa shape index (κ1) is 13.7. The third-order valence-electron chi connectivity index (χ3n) is 3.90. The first-order valence-electron chi connectivity index (χ1n) is 7.15. The maximum Gasteiger partial charge on any atom is 0.286 e. The molecule has 0 spiro atoms. The van der Waals surface area contributed by atoms with Crippen LogP contribution in [0.4, 0.5) is 0 Å². The molecule has 1 atom stereocenters. The Hall–Kier alpha value is -2.31. The highest BCUT2D eigenvalue weighted by molar-refractivity contribution is 5.95. The van der Waals surface area contributed by atoms with Crippen LogP contribution in [0.1, 0.15) is 29.8 Å². The second-order valence-electron chi connectivity index (χ2n) is 5.67. The molecule has 112 valence electrons. The van der Waals surface area contributed by atoms with Crippen molar-refractivity contribution in [2.24, 2.45) is 11.8 Å². The predicted molar refractivity (Wildman–Crippen MR) is 73.8 cm³/mol. The number of carbonyl (C=O) groups excluding carboxylic acids is 3. The number of hydrazine groups is 1. The fourth-order valence-corrected chi connectivity index (χ4v) is 2.50. The van der Waals surface area contributed by atoms with Gasteiger partial charge in [-0.15, -0.1) is 0 Å². The molecule has 3 rings (SSSR count). The van der Waals surface area contributed by atoms with Crippen LogP contribution in [0, 0.1) is 11.8 Å². The monoisotopic (exact) mass is 290 g/mol. The molecule has 0 radical (unpaired) electrons. The van der Waals surface area contributed by atoms with Gasteiger partial charge < -0.3 is 9.88 Å². The zero-order valence-electron chi connectivity index (χ0n) is 11.6. The third kappa shape index (κ3) is 3.24. The van der Waals surface area contributed by atoms with Crippen molar-refractivity contribution in [1.82, 2.24) is 20.7 Å². The van der Waals surface area contributed by atoms with Gasteiger partial charge in [-0.05, 0) is 30.9 Å². The number of rotatable bonds is 4. The Morgan fingerprint density at radius 2 is 2.14 bits per heavy atom. The summed E-state index contributed by atoms with van der Waals surface area (Å²) in [6.07, 6.45) is 4.19. The van der Waals surface area contributed by atoms with Gasteiger partial charge in [-0.3, -0.25) is 25.2 Å². The van der Waals surface area contributed by atoms with Gasteiger partial charge in [0.25, 0.3) is 5.91 Å². The van der Waals surface area contributed by atoms with Crippen molar-refractivity contribution in [2.75, 3.05) is 13.1 Å². The minimum atomic E-state index is -0.410. The Morgan fingerprint density at radius 1 is 1.33 bits per heavy atom. The van der Waals surface area contributed by atoms with Crippen LogP contribution in [0.15, 0.2) is 18.3 Å². The zero-order valence-corrected chi connectivity index (χ0v) is 11.6. The van der Waals surface area contributed by atoms with E-state index < -0.39 is 5.91 Å². The van der Waals surface area contributed by atoms with Gasteiger partial charge in [0.15, 0.2) is 0 Å². The molecule has 1 unspecified atom stereocenters. The Morgan fingerprint density at radius 3 is 2.81 bits per heavy atom. The van der Waals surface area contributed by atoms with Crippen molar-refractivity contribution in [2.45, 2.75) is 19.3 Å². The quantitative estimate of drug-likeness (QED) is 0.683. The molecule has 1 aliphatic heterocycles. The molecule has 1 aromatic heterocycles. The van der Waals surface area contributed by atoms with E-state index in [1.165, 1.54) is 12.8 Å². The van der Waals surface area contributed by atoms with Gasteiger partial charge in [0, 0.05) is 25.7 Å². The molecule has 21 heavy (non-hydrogen) atoms. The van der Waals surface area contributed by atoms with Gasteiger partial charge in [0.1, 0.15) is 5.69 Å². The summed E-state index contributed by atoms with van der Waals surface area (Å²) in [5.41, 5.74) is 5.10. The highest BCUT2D eigenvalue weighted by atomic mass is 16.2. The molecule has 7 nitrogen and oxygen atoms in total. The lowest BCUT2D eigenvalue weighted by molar-refractivity contribution is -0.129. The maximum absolute atomic E-state index is 12.0. The highest BCUT2D eigenvalue weighted by Crippen LogP contribution is 2.31. The van der Waals surface area contributed by atoms with Gasteiger partial charge in [0.05, 0.1) is 5.92 Å². The Labute approximate surface area is 122 Å². The van der Waals surface area contributed by atoms with E-state index in [9.17, 15) is 14.4 Å². The largest absolute Gasteiger partial charge is 0.357 e. The van der Waals surface area contributed by atoms with E-state index in [-0.39, 0.29) is 24.2 Å². The lowest BCUT2D eigenvalue weighted by Crippen LogP contribution is -2.45.